The Labute approximate surface area is 160 Å². The smallest absolute Gasteiger partial charge is 0.273 e. The summed E-state index contributed by atoms with van der Waals surface area (Å²) in [5, 5.41) is 0.963. The lowest BCUT2D eigenvalue weighted by Gasteiger charge is -2.26. The van der Waals surface area contributed by atoms with Crippen molar-refractivity contribution >= 4 is 33.4 Å². The molecule has 27 heavy (non-hydrogen) atoms. The molecular formula is C20H21N3O3S. The number of benzene rings is 1. The van der Waals surface area contributed by atoms with Gasteiger partial charge in [0.1, 0.15) is 5.76 Å². The first kappa shape index (κ1) is 17.7. The van der Waals surface area contributed by atoms with E-state index in [1.165, 1.54) is 6.26 Å². The van der Waals surface area contributed by atoms with Crippen molar-refractivity contribution in [2.75, 3.05) is 0 Å². The van der Waals surface area contributed by atoms with E-state index in [1.54, 1.807) is 24.3 Å². The highest BCUT2D eigenvalue weighted by molar-refractivity contribution is 7.18. The number of aryl methyl sites for hydroxylation is 1. The van der Waals surface area contributed by atoms with Gasteiger partial charge in [-0.2, -0.15) is 0 Å². The molecule has 1 fully saturated rings. The van der Waals surface area contributed by atoms with Gasteiger partial charge in [0.25, 0.3) is 5.91 Å². The van der Waals surface area contributed by atoms with Crippen LogP contribution in [0.2, 0.25) is 0 Å². The van der Waals surface area contributed by atoms with Gasteiger partial charge >= 0.3 is 0 Å². The van der Waals surface area contributed by atoms with E-state index >= 15 is 0 Å². The summed E-state index contributed by atoms with van der Waals surface area (Å²) in [5.41, 5.74) is 6.02. The molecule has 2 aromatic heterocycles. The Morgan fingerprint density at radius 1 is 1.19 bits per heavy atom. The third kappa shape index (κ3) is 3.47. The molecule has 0 saturated heterocycles. The molecule has 7 heteroatoms. The highest BCUT2D eigenvalue weighted by Crippen LogP contribution is 2.42. The number of nitrogens with zero attached hydrogens (tertiary/aromatic N) is 1. The van der Waals surface area contributed by atoms with Crippen molar-refractivity contribution in [2.45, 2.75) is 39.0 Å². The topological polar surface area (TPSA) is 84.2 Å². The van der Waals surface area contributed by atoms with Crippen LogP contribution in [0.5, 0.6) is 0 Å². The second-order valence-electron chi connectivity index (χ2n) is 7.04. The van der Waals surface area contributed by atoms with E-state index in [-0.39, 0.29) is 11.8 Å². The number of para-hydroxylation sites is 1. The Bertz CT molecular complexity index is 952. The fourth-order valence-corrected chi connectivity index (χ4v) is 4.87. The fourth-order valence-electron chi connectivity index (χ4n) is 3.75. The van der Waals surface area contributed by atoms with Crippen LogP contribution in [0.25, 0.3) is 10.2 Å². The summed E-state index contributed by atoms with van der Waals surface area (Å²) in [6.45, 7) is 1.71. The van der Waals surface area contributed by atoms with Crippen LogP contribution in [0.15, 0.2) is 41.0 Å². The standard InChI is InChI=1S/C20H21N3O3S/c1-13-14(8-11-26-13)18(24)22-23-19(25)20(9-4-5-10-20)12-17-21-15-6-2-3-7-16(15)27-17/h2-3,6-8,11H,4-5,9-10,12H2,1H3,(H,22,24)(H,23,25). The quantitative estimate of drug-likeness (QED) is 0.672. The van der Waals surface area contributed by atoms with Gasteiger partial charge in [-0.15, -0.1) is 11.3 Å². The maximum Gasteiger partial charge on any atom is 0.273 e. The fraction of sp³-hybridized carbons (Fsp3) is 0.350. The van der Waals surface area contributed by atoms with E-state index in [9.17, 15) is 9.59 Å². The van der Waals surface area contributed by atoms with Crippen LogP contribution in [-0.4, -0.2) is 16.8 Å². The number of fused-ring (bicyclic) bond motifs is 1. The number of aromatic nitrogens is 1. The van der Waals surface area contributed by atoms with Gasteiger partial charge in [-0.05, 0) is 38.0 Å². The molecule has 0 aliphatic heterocycles. The number of amides is 2. The lowest BCUT2D eigenvalue weighted by molar-refractivity contribution is -0.131. The van der Waals surface area contributed by atoms with Crippen LogP contribution < -0.4 is 10.9 Å². The minimum Gasteiger partial charge on any atom is -0.469 e. The van der Waals surface area contributed by atoms with E-state index in [4.69, 9.17) is 4.42 Å². The van der Waals surface area contributed by atoms with E-state index in [0.29, 0.717) is 17.7 Å². The zero-order valence-electron chi connectivity index (χ0n) is 15.1. The van der Waals surface area contributed by atoms with Crippen LogP contribution in [-0.2, 0) is 11.2 Å². The minimum atomic E-state index is -0.521. The molecule has 1 aliphatic rings. The Morgan fingerprint density at radius 2 is 1.96 bits per heavy atom. The molecule has 4 rings (SSSR count). The van der Waals surface area contributed by atoms with E-state index in [0.717, 1.165) is 40.9 Å². The summed E-state index contributed by atoms with van der Waals surface area (Å²) in [7, 11) is 0. The first-order chi connectivity index (χ1) is 13.1. The van der Waals surface area contributed by atoms with E-state index in [1.807, 2.05) is 24.3 Å². The van der Waals surface area contributed by atoms with Crippen LogP contribution in [0.1, 0.15) is 46.8 Å². The molecule has 2 heterocycles. The molecular weight excluding hydrogens is 362 g/mol. The van der Waals surface area contributed by atoms with Gasteiger partial charge in [0, 0.05) is 6.42 Å². The number of rotatable bonds is 4. The number of hydrogen-bond acceptors (Lipinski definition) is 5. The highest BCUT2D eigenvalue weighted by atomic mass is 32.1. The normalized spacial score (nSPS) is 15.7. The summed E-state index contributed by atoms with van der Waals surface area (Å²) in [4.78, 5) is 29.9. The van der Waals surface area contributed by atoms with Crippen LogP contribution in [0.3, 0.4) is 0 Å². The Balaban J connectivity index is 1.48. The van der Waals surface area contributed by atoms with Crippen molar-refractivity contribution in [1.82, 2.24) is 15.8 Å². The third-order valence-electron chi connectivity index (χ3n) is 5.26. The van der Waals surface area contributed by atoms with Crippen molar-refractivity contribution in [1.29, 1.82) is 0 Å². The summed E-state index contributed by atoms with van der Waals surface area (Å²) >= 11 is 1.63. The number of thiazole rings is 1. The Morgan fingerprint density at radius 3 is 2.67 bits per heavy atom. The molecule has 1 saturated carbocycles. The van der Waals surface area contributed by atoms with Gasteiger partial charge in [-0.25, -0.2) is 4.98 Å². The number of carbonyl (C=O) groups excluding carboxylic acids is 2. The molecule has 3 aromatic rings. The second kappa shape index (κ2) is 7.15. The molecule has 0 atom stereocenters. The molecule has 6 nitrogen and oxygen atoms in total. The number of furan rings is 1. The van der Waals surface area contributed by atoms with Crippen molar-refractivity contribution in [3.8, 4) is 0 Å². The minimum absolute atomic E-state index is 0.145. The van der Waals surface area contributed by atoms with Crippen molar-refractivity contribution in [2.24, 2.45) is 5.41 Å². The first-order valence-corrected chi connectivity index (χ1v) is 9.88. The summed E-state index contributed by atoms with van der Waals surface area (Å²) in [6, 6.07) is 9.59. The average molecular weight is 383 g/mol. The van der Waals surface area contributed by atoms with E-state index in [2.05, 4.69) is 15.8 Å². The summed E-state index contributed by atoms with van der Waals surface area (Å²) in [6.07, 6.45) is 5.67. The number of nitrogens with one attached hydrogen (secondary N) is 2. The molecule has 140 valence electrons. The average Bonchev–Trinajstić information content (AvgIpc) is 3.39. The molecule has 1 aromatic carbocycles. The van der Waals surface area contributed by atoms with Crippen molar-refractivity contribution < 1.29 is 14.0 Å². The van der Waals surface area contributed by atoms with Crippen LogP contribution in [0.4, 0.5) is 0 Å². The summed E-state index contributed by atoms with van der Waals surface area (Å²) in [5.74, 6) is 0.00305. The molecule has 2 amide bonds. The zero-order chi connectivity index (χ0) is 18.9. The number of hydrazine groups is 1. The SMILES string of the molecule is Cc1occc1C(=O)NNC(=O)C1(Cc2nc3ccccc3s2)CCCC1. The van der Waals surface area contributed by atoms with Crippen LogP contribution in [0, 0.1) is 12.3 Å². The monoisotopic (exact) mass is 383 g/mol. The molecule has 0 bridgehead atoms. The molecule has 0 spiro atoms. The summed E-state index contributed by atoms with van der Waals surface area (Å²) < 4.78 is 6.27. The zero-order valence-corrected chi connectivity index (χ0v) is 15.9. The van der Waals surface area contributed by atoms with Crippen molar-refractivity contribution in [3.05, 3.63) is 52.9 Å². The third-order valence-corrected chi connectivity index (χ3v) is 6.30. The second-order valence-corrected chi connectivity index (χ2v) is 8.15. The highest BCUT2D eigenvalue weighted by Gasteiger charge is 2.42. The van der Waals surface area contributed by atoms with Gasteiger partial charge in [-0.3, -0.25) is 20.4 Å². The lowest BCUT2D eigenvalue weighted by atomic mass is 9.82. The predicted octanol–water partition coefficient (Wildman–Crippen LogP) is 3.76. The number of hydrogen-bond donors (Lipinski definition) is 2. The maximum atomic E-state index is 13.0. The van der Waals surface area contributed by atoms with Gasteiger partial charge in [-0.1, -0.05) is 25.0 Å². The first-order valence-electron chi connectivity index (χ1n) is 9.07. The van der Waals surface area contributed by atoms with Gasteiger partial charge < -0.3 is 4.42 Å². The molecule has 0 unspecified atom stereocenters. The number of carbonyl (C=O) groups is 2. The van der Waals surface area contributed by atoms with Gasteiger partial charge in [0.2, 0.25) is 5.91 Å². The Kier molecular flexibility index (Phi) is 4.70. The predicted molar refractivity (Wildman–Crippen MR) is 103 cm³/mol. The molecule has 1 aliphatic carbocycles. The Hall–Kier alpha value is -2.67. The molecule has 0 radical (unpaired) electrons. The lowest BCUT2D eigenvalue weighted by Crippen LogP contribution is -2.49. The van der Waals surface area contributed by atoms with Crippen LogP contribution >= 0.6 is 11.3 Å². The largest absolute Gasteiger partial charge is 0.469 e. The van der Waals surface area contributed by atoms with E-state index < -0.39 is 5.41 Å². The van der Waals surface area contributed by atoms with Gasteiger partial charge in [0.05, 0.1) is 32.5 Å². The van der Waals surface area contributed by atoms with Gasteiger partial charge in [0.15, 0.2) is 0 Å². The van der Waals surface area contributed by atoms with Crippen molar-refractivity contribution in [3.63, 3.8) is 0 Å². The molecule has 2 N–H and O–H groups in total. The maximum absolute atomic E-state index is 13.0.